The molecular weight excluding hydrogens is 352 g/mol. The Morgan fingerprint density at radius 3 is 2.32 bits per heavy atom. The minimum Gasteiger partial charge on any atom is -0.461 e. The molecular formula is C23H24N2O3. The van der Waals surface area contributed by atoms with Crippen molar-refractivity contribution in [3.8, 4) is 11.3 Å². The normalized spacial score (nSPS) is 16.2. The smallest absolute Gasteiger partial charge is 0.253 e. The standard InChI is InChI=1S/C23H24N2O3/c1-16-3-10-21(24-15-16)23(27)11-13-25(14-12-23)22(26)19-7-5-18(6-8-19)20-9-4-17(2)28-20/h3-10,15,27H,11-14H2,1-2H3. The maximum atomic E-state index is 12.8. The van der Waals surface area contributed by atoms with E-state index in [1.807, 2.05) is 62.4 Å². The molecule has 144 valence electrons. The number of carbonyl (C=O) groups excluding carboxylic acids is 1. The number of rotatable bonds is 3. The van der Waals surface area contributed by atoms with E-state index in [1.54, 1.807) is 11.1 Å². The van der Waals surface area contributed by atoms with Gasteiger partial charge in [0.15, 0.2) is 0 Å². The Morgan fingerprint density at radius 1 is 1.04 bits per heavy atom. The fourth-order valence-electron chi connectivity index (χ4n) is 3.63. The molecule has 0 atom stereocenters. The van der Waals surface area contributed by atoms with Crippen LogP contribution in [0, 0.1) is 13.8 Å². The summed E-state index contributed by atoms with van der Waals surface area (Å²) in [6, 6.07) is 15.2. The highest BCUT2D eigenvalue weighted by Crippen LogP contribution is 2.32. The van der Waals surface area contributed by atoms with Crippen molar-refractivity contribution in [3.05, 3.63) is 77.3 Å². The van der Waals surface area contributed by atoms with E-state index in [0.29, 0.717) is 37.2 Å². The molecule has 1 N–H and O–H groups in total. The number of aromatic nitrogens is 1. The monoisotopic (exact) mass is 376 g/mol. The molecule has 5 heteroatoms. The van der Waals surface area contributed by atoms with Gasteiger partial charge in [0, 0.05) is 30.4 Å². The summed E-state index contributed by atoms with van der Waals surface area (Å²) in [6.45, 7) is 4.89. The molecule has 1 aliphatic rings. The SMILES string of the molecule is Cc1ccc(C2(O)CCN(C(=O)c3ccc(-c4ccc(C)o4)cc3)CC2)nc1. The molecule has 0 saturated carbocycles. The number of amides is 1. The van der Waals surface area contributed by atoms with E-state index in [9.17, 15) is 9.90 Å². The highest BCUT2D eigenvalue weighted by Gasteiger charge is 2.36. The third-order valence-electron chi connectivity index (χ3n) is 5.42. The molecule has 0 unspecified atom stereocenters. The van der Waals surface area contributed by atoms with Gasteiger partial charge in [-0.05, 0) is 62.6 Å². The van der Waals surface area contributed by atoms with Gasteiger partial charge in [0.2, 0.25) is 0 Å². The third-order valence-corrected chi connectivity index (χ3v) is 5.42. The second kappa shape index (κ2) is 7.24. The van der Waals surface area contributed by atoms with Gasteiger partial charge in [-0.15, -0.1) is 0 Å². The Balaban J connectivity index is 1.43. The van der Waals surface area contributed by atoms with Crippen LogP contribution in [0.3, 0.4) is 0 Å². The Kier molecular flexibility index (Phi) is 4.77. The average Bonchev–Trinajstić information content (AvgIpc) is 3.15. The first-order chi connectivity index (χ1) is 13.4. The van der Waals surface area contributed by atoms with Gasteiger partial charge in [-0.2, -0.15) is 0 Å². The van der Waals surface area contributed by atoms with Gasteiger partial charge < -0.3 is 14.4 Å². The first-order valence-electron chi connectivity index (χ1n) is 9.56. The van der Waals surface area contributed by atoms with Gasteiger partial charge in [-0.25, -0.2) is 0 Å². The van der Waals surface area contributed by atoms with Gasteiger partial charge in [-0.3, -0.25) is 9.78 Å². The minimum absolute atomic E-state index is 0.0129. The number of hydrogen-bond donors (Lipinski definition) is 1. The van der Waals surface area contributed by atoms with Crippen molar-refractivity contribution in [3.63, 3.8) is 0 Å². The number of aliphatic hydroxyl groups is 1. The molecule has 1 fully saturated rings. The lowest BCUT2D eigenvalue weighted by Gasteiger charge is -2.37. The second-order valence-corrected chi connectivity index (χ2v) is 7.53. The maximum absolute atomic E-state index is 12.8. The minimum atomic E-state index is -0.967. The van der Waals surface area contributed by atoms with Crippen LogP contribution >= 0.6 is 0 Å². The van der Waals surface area contributed by atoms with Gasteiger partial charge in [0.25, 0.3) is 5.91 Å². The van der Waals surface area contributed by atoms with Crippen molar-refractivity contribution in [1.82, 2.24) is 9.88 Å². The zero-order chi connectivity index (χ0) is 19.7. The number of likely N-dealkylation sites (tertiary alicyclic amines) is 1. The van der Waals surface area contributed by atoms with Gasteiger partial charge in [0.05, 0.1) is 5.69 Å². The quantitative estimate of drug-likeness (QED) is 0.748. The molecule has 5 nitrogen and oxygen atoms in total. The molecule has 1 aliphatic heterocycles. The largest absolute Gasteiger partial charge is 0.461 e. The number of aryl methyl sites for hydroxylation is 2. The highest BCUT2D eigenvalue weighted by atomic mass is 16.3. The lowest BCUT2D eigenvalue weighted by atomic mass is 9.87. The summed E-state index contributed by atoms with van der Waals surface area (Å²) in [5.41, 5.74) is 2.37. The van der Waals surface area contributed by atoms with Crippen LogP contribution in [0.5, 0.6) is 0 Å². The van der Waals surface area contributed by atoms with E-state index < -0.39 is 5.60 Å². The molecule has 0 bridgehead atoms. The van der Waals surface area contributed by atoms with E-state index in [4.69, 9.17) is 4.42 Å². The molecule has 4 rings (SSSR count). The molecule has 1 amide bonds. The zero-order valence-electron chi connectivity index (χ0n) is 16.2. The van der Waals surface area contributed by atoms with E-state index in [2.05, 4.69) is 4.98 Å². The topological polar surface area (TPSA) is 66.6 Å². The molecule has 3 aromatic rings. The summed E-state index contributed by atoms with van der Waals surface area (Å²) in [6.07, 6.45) is 2.74. The zero-order valence-corrected chi connectivity index (χ0v) is 16.2. The average molecular weight is 376 g/mol. The van der Waals surface area contributed by atoms with Crippen molar-refractivity contribution in [2.45, 2.75) is 32.3 Å². The predicted octanol–water partition coefficient (Wildman–Crippen LogP) is 4.08. The van der Waals surface area contributed by atoms with Crippen LogP contribution in [0.25, 0.3) is 11.3 Å². The fourth-order valence-corrected chi connectivity index (χ4v) is 3.63. The lowest BCUT2D eigenvalue weighted by Crippen LogP contribution is -2.45. The van der Waals surface area contributed by atoms with Gasteiger partial charge in [-0.1, -0.05) is 18.2 Å². The van der Waals surface area contributed by atoms with E-state index in [-0.39, 0.29) is 5.91 Å². The Bertz CT molecular complexity index is 966. The molecule has 1 saturated heterocycles. The predicted molar refractivity (Wildman–Crippen MR) is 107 cm³/mol. The summed E-state index contributed by atoms with van der Waals surface area (Å²) in [5.74, 6) is 1.64. The summed E-state index contributed by atoms with van der Waals surface area (Å²) >= 11 is 0. The van der Waals surface area contributed by atoms with Crippen LogP contribution in [0.1, 0.15) is 40.2 Å². The van der Waals surface area contributed by atoms with Gasteiger partial charge >= 0.3 is 0 Å². The maximum Gasteiger partial charge on any atom is 0.253 e. The molecule has 1 aromatic carbocycles. The number of nitrogens with zero attached hydrogens (tertiary/aromatic N) is 2. The summed E-state index contributed by atoms with van der Waals surface area (Å²) in [7, 11) is 0. The summed E-state index contributed by atoms with van der Waals surface area (Å²) in [5, 5.41) is 11.0. The summed E-state index contributed by atoms with van der Waals surface area (Å²) in [4.78, 5) is 19.0. The number of pyridine rings is 1. The molecule has 0 aliphatic carbocycles. The highest BCUT2D eigenvalue weighted by molar-refractivity contribution is 5.94. The van der Waals surface area contributed by atoms with Crippen LogP contribution in [0.2, 0.25) is 0 Å². The Morgan fingerprint density at radius 2 is 1.75 bits per heavy atom. The van der Waals surface area contributed by atoms with E-state index in [0.717, 1.165) is 22.6 Å². The van der Waals surface area contributed by atoms with Crippen molar-refractivity contribution in [1.29, 1.82) is 0 Å². The van der Waals surface area contributed by atoms with Crippen LogP contribution < -0.4 is 0 Å². The fraction of sp³-hybridized carbons (Fsp3) is 0.304. The van der Waals surface area contributed by atoms with Crippen LogP contribution in [-0.2, 0) is 5.60 Å². The number of piperidine rings is 1. The number of benzene rings is 1. The Labute approximate surface area is 164 Å². The van der Waals surface area contributed by atoms with Crippen molar-refractivity contribution in [2.75, 3.05) is 13.1 Å². The van der Waals surface area contributed by atoms with E-state index in [1.165, 1.54) is 0 Å². The van der Waals surface area contributed by atoms with E-state index >= 15 is 0 Å². The summed E-state index contributed by atoms with van der Waals surface area (Å²) < 4.78 is 5.63. The molecule has 0 spiro atoms. The second-order valence-electron chi connectivity index (χ2n) is 7.53. The van der Waals surface area contributed by atoms with Crippen molar-refractivity contribution >= 4 is 5.91 Å². The lowest BCUT2D eigenvalue weighted by molar-refractivity contribution is -0.0244. The van der Waals surface area contributed by atoms with Gasteiger partial charge in [0.1, 0.15) is 17.1 Å². The molecule has 28 heavy (non-hydrogen) atoms. The molecule has 0 radical (unpaired) electrons. The Hall–Kier alpha value is -2.92. The molecule has 2 aromatic heterocycles. The first kappa shape index (κ1) is 18.4. The van der Waals surface area contributed by atoms with Crippen LogP contribution in [0.15, 0.2) is 59.1 Å². The number of carbonyl (C=O) groups is 1. The first-order valence-corrected chi connectivity index (χ1v) is 9.56. The van der Waals surface area contributed by atoms with Crippen LogP contribution in [-0.4, -0.2) is 34.0 Å². The molecule has 3 heterocycles. The number of hydrogen-bond acceptors (Lipinski definition) is 4. The number of furan rings is 1. The van der Waals surface area contributed by atoms with Crippen molar-refractivity contribution in [2.24, 2.45) is 0 Å². The van der Waals surface area contributed by atoms with Crippen LogP contribution in [0.4, 0.5) is 0 Å². The third kappa shape index (κ3) is 3.58. The van der Waals surface area contributed by atoms with Crippen molar-refractivity contribution < 1.29 is 14.3 Å².